The number of anilines is 2. The van der Waals surface area contributed by atoms with Gasteiger partial charge in [-0.25, -0.2) is 0 Å². The van der Waals surface area contributed by atoms with E-state index in [2.05, 4.69) is 10.6 Å². The number of amides is 2. The van der Waals surface area contributed by atoms with E-state index >= 15 is 0 Å². The highest BCUT2D eigenvalue weighted by Crippen LogP contribution is 2.20. The molecule has 6 heteroatoms. The predicted molar refractivity (Wildman–Crippen MR) is 80.6 cm³/mol. The third-order valence-corrected chi connectivity index (χ3v) is 2.81. The molecule has 1 unspecified atom stereocenters. The lowest BCUT2D eigenvalue weighted by molar-refractivity contribution is -0.129. The van der Waals surface area contributed by atoms with Crippen LogP contribution in [0.25, 0.3) is 0 Å². The smallest absolute Gasteiger partial charge is 0.253 e. The van der Waals surface area contributed by atoms with Crippen molar-refractivity contribution in [1.29, 1.82) is 0 Å². The van der Waals surface area contributed by atoms with Crippen molar-refractivity contribution in [2.75, 3.05) is 31.7 Å². The number of hydrogen-bond acceptors (Lipinski definition) is 4. The Labute approximate surface area is 119 Å². The second-order valence-corrected chi connectivity index (χ2v) is 4.76. The highest BCUT2D eigenvalue weighted by atomic mass is 16.2. The zero-order valence-electron chi connectivity index (χ0n) is 12.4. The molecule has 4 N–H and O–H groups in total. The second-order valence-electron chi connectivity index (χ2n) is 4.76. The lowest BCUT2D eigenvalue weighted by Crippen LogP contribution is -2.37. The van der Waals surface area contributed by atoms with Crippen molar-refractivity contribution in [2.24, 2.45) is 0 Å². The minimum atomic E-state index is -0.444. The molecule has 20 heavy (non-hydrogen) atoms. The van der Waals surface area contributed by atoms with Crippen LogP contribution in [0.15, 0.2) is 18.2 Å². The van der Waals surface area contributed by atoms with Crippen molar-refractivity contribution in [3.63, 3.8) is 0 Å². The van der Waals surface area contributed by atoms with E-state index in [1.54, 1.807) is 39.2 Å². The van der Waals surface area contributed by atoms with Gasteiger partial charge in [-0.1, -0.05) is 0 Å². The molecule has 1 aromatic carbocycles. The molecule has 0 aliphatic carbocycles. The highest BCUT2D eigenvalue weighted by Gasteiger charge is 2.18. The molecular weight excluding hydrogens is 256 g/mol. The van der Waals surface area contributed by atoms with Gasteiger partial charge in [-0.3, -0.25) is 9.59 Å². The van der Waals surface area contributed by atoms with Crippen LogP contribution in [0.4, 0.5) is 11.4 Å². The summed E-state index contributed by atoms with van der Waals surface area (Å²) in [6.45, 7) is 4.13. The van der Waals surface area contributed by atoms with Gasteiger partial charge in [-0.2, -0.15) is 0 Å². The molecule has 0 saturated carbocycles. The predicted octanol–water partition coefficient (Wildman–Crippen LogP) is 0.907. The van der Waals surface area contributed by atoms with Crippen LogP contribution < -0.4 is 16.4 Å². The van der Waals surface area contributed by atoms with Crippen LogP contribution in [0.3, 0.4) is 0 Å². The quantitative estimate of drug-likeness (QED) is 0.699. The van der Waals surface area contributed by atoms with E-state index in [4.69, 9.17) is 5.73 Å². The number of nitrogens with zero attached hydrogens (tertiary/aromatic N) is 1. The summed E-state index contributed by atoms with van der Waals surface area (Å²) in [6.07, 6.45) is 0. The van der Waals surface area contributed by atoms with Crippen LogP contribution in [0, 0.1) is 0 Å². The topological polar surface area (TPSA) is 87.5 Å². The van der Waals surface area contributed by atoms with Crippen LogP contribution in [0.2, 0.25) is 0 Å². The number of nitrogens with two attached hydrogens (primary N) is 1. The van der Waals surface area contributed by atoms with E-state index in [0.717, 1.165) is 0 Å². The minimum Gasteiger partial charge on any atom is -0.399 e. The Balaban J connectivity index is 3.01. The van der Waals surface area contributed by atoms with Crippen molar-refractivity contribution in [1.82, 2.24) is 10.2 Å². The van der Waals surface area contributed by atoms with Crippen molar-refractivity contribution >= 4 is 23.2 Å². The summed E-state index contributed by atoms with van der Waals surface area (Å²) in [5, 5.41) is 5.77. The Morgan fingerprint density at radius 3 is 2.55 bits per heavy atom. The number of hydrogen-bond donors (Lipinski definition) is 3. The summed E-state index contributed by atoms with van der Waals surface area (Å²) < 4.78 is 0. The molecule has 1 rings (SSSR count). The molecule has 0 saturated heterocycles. The Morgan fingerprint density at radius 2 is 2.00 bits per heavy atom. The molecule has 0 aliphatic rings. The molecule has 0 spiro atoms. The number of carbonyl (C=O) groups excluding carboxylic acids is 2. The maximum absolute atomic E-state index is 12.0. The van der Waals surface area contributed by atoms with Gasteiger partial charge in [0.1, 0.15) is 6.04 Å². The fourth-order valence-corrected chi connectivity index (χ4v) is 1.82. The van der Waals surface area contributed by atoms with E-state index < -0.39 is 6.04 Å². The molecule has 1 atom stereocenters. The van der Waals surface area contributed by atoms with Crippen LogP contribution in [0.1, 0.15) is 24.2 Å². The zero-order valence-corrected chi connectivity index (χ0v) is 12.4. The summed E-state index contributed by atoms with van der Waals surface area (Å²) in [5.74, 6) is -0.270. The standard InChI is InChI=1S/C14H22N4O2/c1-5-16-13(19)11-7-6-10(15)8-12(11)17-9(2)14(20)18(3)4/h6-9,17H,5,15H2,1-4H3,(H,16,19). The molecule has 6 nitrogen and oxygen atoms in total. The van der Waals surface area contributed by atoms with Gasteiger partial charge in [0, 0.05) is 32.0 Å². The Morgan fingerprint density at radius 1 is 1.35 bits per heavy atom. The number of carbonyl (C=O) groups is 2. The maximum atomic E-state index is 12.0. The van der Waals surface area contributed by atoms with E-state index in [1.165, 1.54) is 4.90 Å². The summed E-state index contributed by atoms with van der Waals surface area (Å²) in [6, 6.07) is 4.52. The number of likely N-dealkylation sites (N-methyl/N-ethyl adjacent to an activating group) is 1. The molecule has 0 radical (unpaired) electrons. The van der Waals surface area contributed by atoms with Crippen LogP contribution in [-0.4, -0.2) is 43.4 Å². The molecule has 1 aromatic rings. The third-order valence-electron chi connectivity index (χ3n) is 2.81. The summed E-state index contributed by atoms with van der Waals surface area (Å²) >= 11 is 0. The highest BCUT2D eigenvalue weighted by molar-refractivity contribution is 6.01. The molecule has 0 aromatic heterocycles. The van der Waals surface area contributed by atoms with Gasteiger partial charge in [-0.15, -0.1) is 0 Å². The molecule has 2 amide bonds. The SMILES string of the molecule is CCNC(=O)c1ccc(N)cc1NC(C)C(=O)N(C)C. The fourth-order valence-electron chi connectivity index (χ4n) is 1.82. The molecular formula is C14H22N4O2. The number of nitrogen functional groups attached to an aromatic ring is 1. The first-order valence-corrected chi connectivity index (χ1v) is 6.52. The second kappa shape index (κ2) is 6.79. The van der Waals surface area contributed by atoms with Crippen molar-refractivity contribution in [3.05, 3.63) is 23.8 Å². The van der Waals surface area contributed by atoms with E-state index in [1.807, 2.05) is 6.92 Å². The Bertz CT molecular complexity index is 500. The van der Waals surface area contributed by atoms with Gasteiger partial charge in [0.25, 0.3) is 5.91 Å². The van der Waals surface area contributed by atoms with Gasteiger partial charge in [0.15, 0.2) is 0 Å². The van der Waals surface area contributed by atoms with Crippen molar-refractivity contribution < 1.29 is 9.59 Å². The normalized spacial score (nSPS) is 11.6. The largest absolute Gasteiger partial charge is 0.399 e. The summed E-state index contributed by atoms with van der Waals surface area (Å²) in [4.78, 5) is 25.3. The first-order chi connectivity index (χ1) is 9.36. The fraction of sp³-hybridized carbons (Fsp3) is 0.429. The zero-order chi connectivity index (χ0) is 15.3. The van der Waals surface area contributed by atoms with E-state index in [9.17, 15) is 9.59 Å². The summed E-state index contributed by atoms with van der Waals surface area (Å²) in [5.41, 5.74) is 7.30. The maximum Gasteiger partial charge on any atom is 0.253 e. The Hall–Kier alpha value is -2.24. The number of nitrogens with one attached hydrogen (secondary N) is 2. The van der Waals surface area contributed by atoms with Crippen molar-refractivity contribution in [2.45, 2.75) is 19.9 Å². The van der Waals surface area contributed by atoms with Gasteiger partial charge in [0.2, 0.25) is 5.91 Å². The minimum absolute atomic E-state index is 0.0747. The van der Waals surface area contributed by atoms with Crippen LogP contribution in [0.5, 0.6) is 0 Å². The molecule has 110 valence electrons. The molecule has 0 bridgehead atoms. The first-order valence-electron chi connectivity index (χ1n) is 6.52. The number of benzene rings is 1. The summed E-state index contributed by atoms with van der Waals surface area (Å²) in [7, 11) is 3.37. The monoisotopic (exact) mass is 278 g/mol. The lowest BCUT2D eigenvalue weighted by Gasteiger charge is -2.20. The van der Waals surface area contributed by atoms with E-state index in [0.29, 0.717) is 23.5 Å². The first kappa shape index (κ1) is 15.8. The van der Waals surface area contributed by atoms with E-state index in [-0.39, 0.29) is 11.8 Å². The lowest BCUT2D eigenvalue weighted by atomic mass is 10.1. The average Bonchev–Trinajstić information content (AvgIpc) is 2.37. The van der Waals surface area contributed by atoms with Gasteiger partial charge in [0.05, 0.1) is 5.56 Å². The van der Waals surface area contributed by atoms with Gasteiger partial charge in [-0.05, 0) is 32.0 Å². The van der Waals surface area contributed by atoms with Gasteiger partial charge >= 0.3 is 0 Å². The Kier molecular flexibility index (Phi) is 5.37. The molecule has 0 aliphatic heterocycles. The molecule has 0 heterocycles. The average molecular weight is 278 g/mol. The molecule has 0 fully saturated rings. The van der Waals surface area contributed by atoms with Crippen LogP contribution >= 0.6 is 0 Å². The van der Waals surface area contributed by atoms with Gasteiger partial charge < -0.3 is 21.3 Å². The third kappa shape index (κ3) is 3.88. The van der Waals surface area contributed by atoms with Crippen LogP contribution in [-0.2, 0) is 4.79 Å². The van der Waals surface area contributed by atoms with Crippen molar-refractivity contribution in [3.8, 4) is 0 Å². The number of rotatable bonds is 5.